The molecular weight excluding hydrogens is 286 g/mol. The lowest BCUT2D eigenvalue weighted by atomic mass is 10.1. The van der Waals surface area contributed by atoms with Crippen LogP contribution in [-0.4, -0.2) is 65.0 Å². The minimum atomic E-state index is -1.40. The third kappa shape index (κ3) is 1.99. The Morgan fingerprint density at radius 2 is 2.19 bits per heavy atom. The number of aromatic amines is 1. The van der Waals surface area contributed by atoms with Crippen LogP contribution in [0.1, 0.15) is 6.23 Å². The summed E-state index contributed by atoms with van der Waals surface area (Å²) < 4.78 is 6.47. The molecule has 1 aliphatic rings. The average Bonchev–Trinajstić information content (AvgIpc) is 2.99. The van der Waals surface area contributed by atoms with Crippen molar-refractivity contribution in [1.29, 1.82) is 0 Å². The Bertz CT molecular complexity index is 714. The Labute approximate surface area is 116 Å². The van der Waals surface area contributed by atoms with Gasteiger partial charge in [-0.05, 0) is 0 Å². The van der Waals surface area contributed by atoms with Crippen LogP contribution < -0.4 is 11.0 Å². The van der Waals surface area contributed by atoms with Crippen molar-refractivity contribution in [3.05, 3.63) is 16.7 Å². The zero-order chi connectivity index (χ0) is 15.1. The minimum absolute atomic E-state index is 0.0464. The Balaban J connectivity index is 2.16. The Hall–Kier alpha value is -2.05. The second-order valence-corrected chi connectivity index (χ2v) is 4.55. The SMILES string of the molecule is O=c1[nH]cnc2c1nc(NO)n2[C@@H]1O[C@@H](CO)[C@@H](O)[C@H]1O. The van der Waals surface area contributed by atoms with Gasteiger partial charge in [0, 0.05) is 0 Å². The molecule has 11 nitrogen and oxygen atoms in total. The number of anilines is 1. The summed E-state index contributed by atoms with van der Waals surface area (Å²) in [6.45, 7) is -0.503. The van der Waals surface area contributed by atoms with Crippen molar-refractivity contribution in [3.63, 3.8) is 0 Å². The Kier molecular flexibility index (Phi) is 3.35. The van der Waals surface area contributed by atoms with Gasteiger partial charge in [-0.3, -0.25) is 14.6 Å². The molecule has 2 aromatic heterocycles. The molecule has 1 saturated heterocycles. The predicted octanol–water partition coefficient (Wildman–Crippen LogP) is -2.47. The van der Waals surface area contributed by atoms with E-state index in [0.29, 0.717) is 0 Å². The molecule has 1 fully saturated rings. The molecule has 21 heavy (non-hydrogen) atoms. The number of imidazole rings is 1. The van der Waals surface area contributed by atoms with Crippen molar-refractivity contribution in [2.45, 2.75) is 24.5 Å². The largest absolute Gasteiger partial charge is 0.394 e. The summed E-state index contributed by atoms with van der Waals surface area (Å²) in [7, 11) is 0. The molecule has 3 heterocycles. The maximum Gasteiger partial charge on any atom is 0.278 e. The number of aliphatic hydroxyl groups excluding tert-OH is 3. The highest BCUT2D eigenvalue weighted by Gasteiger charge is 2.45. The number of fused-ring (bicyclic) bond motifs is 1. The van der Waals surface area contributed by atoms with Crippen LogP contribution in [0, 0.1) is 0 Å². The fraction of sp³-hybridized carbons (Fsp3) is 0.500. The van der Waals surface area contributed by atoms with E-state index in [1.54, 1.807) is 5.48 Å². The Morgan fingerprint density at radius 1 is 1.43 bits per heavy atom. The molecule has 0 bridgehead atoms. The first-order valence-corrected chi connectivity index (χ1v) is 6.06. The summed E-state index contributed by atoms with van der Waals surface area (Å²) in [4.78, 5) is 21.8. The van der Waals surface area contributed by atoms with Crippen LogP contribution in [-0.2, 0) is 4.74 Å². The second-order valence-electron chi connectivity index (χ2n) is 4.55. The molecule has 0 aliphatic carbocycles. The lowest BCUT2D eigenvalue weighted by molar-refractivity contribution is -0.0505. The quantitative estimate of drug-likeness (QED) is 0.337. The molecular formula is C10H13N5O6. The van der Waals surface area contributed by atoms with E-state index in [1.165, 1.54) is 0 Å². The highest BCUT2D eigenvalue weighted by atomic mass is 16.6. The van der Waals surface area contributed by atoms with Crippen LogP contribution in [0.4, 0.5) is 5.95 Å². The van der Waals surface area contributed by atoms with Gasteiger partial charge in [0.1, 0.15) is 18.3 Å². The van der Waals surface area contributed by atoms with E-state index in [-0.39, 0.29) is 17.1 Å². The fourth-order valence-electron chi connectivity index (χ4n) is 2.33. The van der Waals surface area contributed by atoms with E-state index in [1.807, 2.05) is 0 Å². The number of ether oxygens (including phenoxy) is 1. The van der Waals surface area contributed by atoms with E-state index in [4.69, 9.17) is 15.1 Å². The minimum Gasteiger partial charge on any atom is -0.394 e. The number of aromatic nitrogens is 4. The molecule has 0 radical (unpaired) electrons. The van der Waals surface area contributed by atoms with Gasteiger partial charge in [-0.25, -0.2) is 15.4 Å². The smallest absolute Gasteiger partial charge is 0.278 e. The van der Waals surface area contributed by atoms with Crippen LogP contribution in [0.3, 0.4) is 0 Å². The predicted molar refractivity (Wildman–Crippen MR) is 66.6 cm³/mol. The number of nitrogens with zero attached hydrogens (tertiary/aromatic N) is 3. The van der Waals surface area contributed by atoms with E-state index in [9.17, 15) is 15.0 Å². The molecule has 3 rings (SSSR count). The van der Waals surface area contributed by atoms with Gasteiger partial charge in [-0.1, -0.05) is 0 Å². The van der Waals surface area contributed by atoms with Crippen molar-refractivity contribution in [2.75, 3.05) is 12.1 Å². The summed E-state index contributed by atoms with van der Waals surface area (Å²) >= 11 is 0. The highest BCUT2D eigenvalue weighted by molar-refractivity contribution is 5.73. The molecule has 0 saturated carbocycles. The molecule has 0 unspecified atom stereocenters. The maximum absolute atomic E-state index is 11.7. The summed E-state index contributed by atoms with van der Waals surface area (Å²) in [5.74, 6) is -0.191. The topological polar surface area (TPSA) is 166 Å². The second kappa shape index (κ2) is 5.05. The summed E-state index contributed by atoms with van der Waals surface area (Å²) in [6.07, 6.45) is -3.77. The third-order valence-corrected chi connectivity index (χ3v) is 3.36. The number of hydrogen-bond donors (Lipinski definition) is 6. The maximum atomic E-state index is 11.7. The molecule has 1 aliphatic heterocycles. The fourth-order valence-corrected chi connectivity index (χ4v) is 2.33. The van der Waals surface area contributed by atoms with E-state index >= 15 is 0 Å². The van der Waals surface area contributed by atoms with E-state index in [2.05, 4.69) is 15.0 Å². The van der Waals surface area contributed by atoms with Gasteiger partial charge in [0.25, 0.3) is 5.56 Å². The molecule has 0 amide bonds. The number of rotatable bonds is 3. The van der Waals surface area contributed by atoms with Gasteiger partial charge in [-0.2, -0.15) is 0 Å². The van der Waals surface area contributed by atoms with Crippen molar-refractivity contribution in [2.24, 2.45) is 0 Å². The number of hydrogen-bond acceptors (Lipinski definition) is 9. The summed E-state index contributed by atoms with van der Waals surface area (Å²) in [6, 6.07) is 0. The average molecular weight is 299 g/mol. The molecule has 0 spiro atoms. The number of nitrogens with one attached hydrogen (secondary N) is 2. The van der Waals surface area contributed by atoms with Crippen molar-refractivity contribution in [3.8, 4) is 0 Å². The van der Waals surface area contributed by atoms with E-state index in [0.717, 1.165) is 10.9 Å². The summed E-state index contributed by atoms with van der Waals surface area (Å²) in [5.41, 5.74) is 1.21. The van der Waals surface area contributed by atoms with Gasteiger partial charge in [0.05, 0.1) is 12.9 Å². The normalized spacial score (nSPS) is 29.1. The van der Waals surface area contributed by atoms with Gasteiger partial charge in [0.15, 0.2) is 17.4 Å². The highest BCUT2D eigenvalue weighted by Crippen LogP contribution is 2.33. The van der Waals surface area contributed by atoms with Crippen LogP contribution in [0.2, 0.25) is 0 Å². The van der Waals surface area contributed by atoms with E-state index < -0.39 is 36.7 Å². The van der Waals surface area contributed by atoms with Gasteiger partial charge in [0.2, 0.25) is 5.95 Å². The molecule has 11 heteroatoms. The zero-order valence-corrected chi connectivity index (χ0v) is 10.5. The third-order valence-electron chi connectivity index (χ3n) is 3.36. The number of H-pyrrole nitrogens is 1. The van der Waals surface area contributed by atoms with Crippen LogP contribution in [0.5, 0.6) is 0 Å². The van der Waals surface area contributed by atoms with Crippen molar-refractivity contribution >= 4 is 17.1 Å². The summed E-state index contributed by atoms with van der Waals surface area (Å²) in [5, 5.41) is 38.0. The van der Waals surface area contributed by atoms with Crippen LogP contribution >= 0.6 is 0 Å². The molecule has 4 atom stereocenters. The standard InChI is InChI=1S/C10H13N5O6/c16-1-3-5(17)6(18)9(21-3)15-7-4(13-10(15)14-20)8(19)12-2-11-7/h2-3,5-6,9,16-18,20H,1H2,(H,13,14)(H,11,12,19)/t3-,5+,6+,9+/m0/s1. The van der Waals surface area contributed by atoms with Gasteiger partial charge >= 0.3 is 0 Å². The lowest BCUT2D eigenvalue weighted by Gasteiger charge is -2.18. The van der Waals surface area contributed by atoms with Crippen molar-refractivity contribution < 1.29 is 25.3 Å². The van der Waals surface area contributed by atoms with Crippen molar-refractivity contribution in [1.82, 2.24) is 19.5 Å². The molecule has 0 aromatic carbocycles. The van der Waals surface area contributed by atoms with Gasteiger partial charge < -0.3 is 25.0 Å². The first kappa shape index (κ1) is 13.9. The number of aliphatic hydroxyl groups is 3. The monoisotopic (exact) mass is 299 g/mol. The molecule has 114 valence electrons. The van der Waals surface area contributed by atoms with Crippen LogP contribution in [0.15, 0.2) is 11.1 Å². The van der Waals surface area contributed by atoms with Gasteiger partial charge in [-0.15, -0.1) is 0 Å². The van der Waals surface area contributed by atoms with Crippen LogP contribution in [0.25, 0.3) is 11.2 Å². The first-order valence-electron chi connectivity index (χ1n) is 6.06. The zero-order valence-electron chi connectivity index (χ0n) is 10.5. The molecule has 2 aromatic rings. The lowest BCUT2D eigenvalue weighted by Crippen LogP contribution is -2.33. The Morgan fingerprint density at radius 3 is 2.81 bits per heavy atom. The molecule has 6 N–H and O–H groups in total. The first-order chi connectivity index (χ1) is 10.1.